The number of aryl methyl sites for hydroxylation is 1. The Balaban J connectivity index is 2.19. The molecule has 0 aliphatic carbocycles. The zero-order valence-electron chi connectivity index (χ0n) is 12.2. The molecule has 0 aliphatic rings. The average Bonchev–Trinajstić information content (AvgIpc) is 2.48. The normalized spacial score (nSPS) is 10.2. The van der Waals surface area contributed by atoms with Gasteiger partial charge in [0.05, 0.1) is 17.3 Å². The Hall–Kier alpha value is -1.53. The largest absolute Gasteiger partial charge is 0.488 e. The molecule has 0 unspecified atom stereocenters. The highest BCUT2D eigenvalue weighted by atomic mass is 79.9. The second kappa shape index (κ2) is 7.65. The van der Waals surface area contributed by atoms with Crippen molar-refractivity contribution >= 4 is 43.6 Å². The maximum absolute atomic E-state index is 11.4. The Kier molecular flexibility index (Phi) is 5.85. The maximum atomic E-state index is 11.4. The summed E-state index contributed by atoms with van der Waals surface area (Å²) >= 11 is 6.96. The third-order valence-electron chi connectivity index (χ3n) is 3.00. The number of carbonyl (C=O) groups excluding carboxylic acids is 1. The molecule has 0 spiro atoms. The van der Waals surface area contributed by atoms with E-state index in [1.807, 2.05) is 37.3 Å². The summed E-state index contributed by atoms with van der Waals surface area (Å²) in [6, 6.07) is 11.4. The summed E-state index contributed by atoms with van der Waals surface area (Å²) in [5, 5.41) is 2.68. The van der Waals surface area contributed by atoms with Crippen molar-refractivity contribution in [3.05, 3.63) is 56.5 Å². The Labute approximate surface area is 146 Å². The van der Waals surface area contributed by atoms with Gasteiger partial charge < -0.3 is 9.47 Å². The highest BCUT2D eigenvalue weighted by molar-refractivity contribution is 9.10. The van der Waals surface area contributed by atoms with Crippen LogP contribution in [0.4, 0.5) is 10.5 Å². The van der Waals surface area contributed by atoms with E-state index in [0.29, 0.717) is 12.3 Å². The highest BCUT2D eigenvalue weighted by Gasteiger charge is 2.11. The van der Waals surface area contributed by atoms with Gasteiger partial charge in [-0.05, 0) is 52.7 Å². The first-order valence-electron chi connectivity index (χ1n) is 6.52. The standard InChI is InChI=1S/C16H15Br2NO3/c1-10-6-7-15(13(18)8-10)22-9-11-12(17)4-3-5-14(11)19-16(20)21-2/h3-8H,9H2,1-2H3,(H,19,20). The quantitative estimate of drug-likeness (QED) is 0.720. The van der Waals surface area contributed by atoms with E-state index in [1.54, 1.807) is 6.07 Å². The molecule has 4 nitrogen and oxygen atoms in total. The van der Waals surface area contributed by atoms with E-state index in [0.717, 1.165) is 25.8 Å². The Morgan fingerprint density at radius 2 is 1.95 bits per heavy atom. The van der Waals surface area contributed by atoms with Crippen molar-refractivity contribution in [3.8, 4) is 5.75 Å². The predicted molar refractivity (Wildman–Crippen MR) is 93.4 cm³/mol. The first-order chi connectivity index (χ1) is 10.5. The number of nitrogens with one attached hydrogen (secondary N) is 1. The molecule has 22 heavy (non-hydrogen) atoms. The van der Waals surface area contributed by atoms with Crippen LogP contribution in [0.15, 0.2) is 45.3 Å². The Morgan fingerprint density at radius 1 is 1.18 bits per heavy atom. The molecule has 0 saturated carbocycles. The van der Waals surface area contributed by atoms with Crippen molar-refractivity contribution in [2.24, 2.45) is 0 Å². The third kappa shape index (κ3) is 4.24. The van der Waals surface area contributed by atoms with E-state index in [1.165, 1.54) is 7.11 Å². The second-order valence-corrected chi connectivity index (χ2v) is 6.31. The fourth-order valence-corrected chi connectivity index (χ4v) is 2.94. The van der Waals surface area contributed by atoms with Crippen molar-refractivity contribution in [2.45, 2.75) is 13.5 Å². The van der Waals surface area contributed by atoms with Gasteiger partial charge in [0.25, 0.3) is 0 Å². The summed E-state index contributed by atoms with van der Waals surface area (Å²) < 4.78 is 12.2. The molecular formula is C16H15Br2NO3. The van der Waals surface area contributed by atoms with Gasteiger partial charge in [0, 0.05) is 10.0 Å². The van der Waals surface area contributed by atoms with Crippen molar-refractivity contribution in [1.82, 2.24) is 0 Å². The fourth-order valence-electron chi connectivity index (χ4n) is 1.86. The number of amides is 1. The van der Waals surface area contributed by atoms with Crippen LogP contribution in [0.3, 0.4) is 0 Å². The van der Waals surface area contributed by atoms with Crippen molar-refractivity contribution < 1.29 is 14.3 Å². The zero-order chi connectivity index (χ0) is 16.1. The number of halogens is 2. The van der Waals surface area contributed by atoms with E-state index in [2.05, 4.69) is 41.9 Å². The van der Waals surface area contributed by atoms with Gasteiger partial charge in [-0.15, -0.1) is 0 Å². The monoisotopic (exact) mass is 427 g/mol. The number of carbonyl (C=O) groups is 1. The first kappa shape index (κ1) is 16.8. The lowest BCUT2D eigenvalue weighted by molar-refractivity contribution is 0.187. The maximum Gasteiger partial charge on any atom is 0.411 e. The minimum atomic E-state index is -0.518. The predicted octanol–water partition coefficient (Wildman–Crippen LogP) is 5.28. The number of benzene rings is 2. The van der Waals surface area contributed by atoms with Crippen molar-refractivity contribution in [3.63, 3.8) is 0 Å². The molecule has 0 aliphatic heterocycles. The highest BCUT2D eigenvalue weighted by Crippen LogP contribution is 2.30. The summed E-state index contributed by atoms with van der Waals surface area (Å²) in [5.41, 5.74) is 2.62. The van der Waals surface area contributed by atoms with Gasteiger partial charge in [0.2, 0.25) is 0 Å². The molecular weight excluding hydrogens is 414 g/mol. The molecule has 1 amide bonds. The van der Waals surface area contributed by atoms with E-state index < -0.39 is 6.09 Å². The fraction of sp³-hybridized carbons (Fsp3) is 0.188. The molecule has 0 bridgehead atoms. The number of rotatable bonds is 4. The van der Waals surface area contributed by atoms with Crippen LogP contribution in [-0.4, -0.2) is 13.2 Å². The number of hydrogen-bond donors (Lipinski definition) is 1. The average molecular weight is 429 g/mol. The minimum absolute atomic E-state index is 0.308. The lowest BCUT2D eigenvalue weighted by Gasteiger charge is -2.14. The lowest BCUT2D eigenvalue weighted by atomic mass is 10.2. The molecule has 1 N–H and O–H groups in total. The molecule has 0 atom stereocenters. The number of ether oxygens (including phenoxy) is 2. The lowest BCUT2D eigenvalue weighted by Crippen LogP contribution is -2.13. The van der Waals surface area contributed by atoms with Crippen LogP contribution in [0.1, 0.15) is 11.1 Å². The van der Waals surface area contributed by atoms with Crippen LogP contribution in [0.5, 0.6) is 5.75 Å². The van der Waals surface area contributed by atoms with E-state index in [4.69, 9.17) is 4.74 Å². The summed E-state index contributed by atoms with van der Waals surface area (Å²) in [4.78, 5) is 11.4. The molecule has 0 fully saturated rings. The topological polar surface area (TPSA) is 47.6 Å². The zero-order valence-corrected chi connectivity index (χ0v) is 15.3. The SMILES string of the molecule is COC(=O)Nc1cccc(Br)c1COc1ccc(C)cc1Br. The van der Waals surface area contributed by atoms with Crippen molar-refractivity contribution in [1.29, 1.82) is 0 Å². The van der Waals surface area contributed by atoms with Gasteiger partial charge in [0.1, 0.15) is 12.4 Å². The minimum Gasteiger partial charge on any atom is -0.488 e. The van der Waals surface area contributed by atoms with Crippen LogP contribution in [0, 0.1) is 6.92 Å². The second-order valence-electron chi connectivity index (χ2n) is 4.61. The Bertz CT molecular complexity index is 689. The third-order valence-corrected chi connectivity index (χ3v) is 4.36. The van der Waals surface area contributed by atoms with E-state index in [9.17, 15) is 4.79 Å². The molecule has 2 rings (SSSR count). The van der Waals surface area contributed by atoms with Gasteiger partial charge >= 0.3 is 6.09 Å². The molecule has 2 aromatic rings. The van der Waals surface area contributed by atoms with Crippen molar-refractivity contribution in [2.75, 3.05) is 12.4 Å². The molecule has 116 valence electrons. The van der Waals surface area contributed by atoms with Crippen LogP contribution in [-0.2, 0) is 11.3 Å². The summed E-state index contributed by atoms with van der Waals surface area (Å²) in [6.07, 6.45) is -0.518. The Morgan fingerprint density at radius 3 is 2.64 bits per heavy atom. The van der Waals surface area contributed by atoms with Crippen LogP contribution in [0.2, 0.25) is 0 Å². The van der Waals surface area contributed by atoms with Crippen LogP contribution < -0.4 is 10.1 Å². The van der Waals surface area contributed by atoms with Crippen LogP contribution in [0.25, 0.3) is 0 Å². The van der Waals surface area contributed by atoms with E-state index >= 15 is 0 Å². The number of methoxy groups -OCH3 is 1. The molecule has 2 aromatic carbocycles. The van der Waals surface area contributed by atoms with Gasteiger partial charge in [-0.1, -0.05) is 28.1 Å². The summed E-state index contributed by atoms with van der Waals surface area (Å²) in [7, 11) is 1.33. The molecule has 0 radical (unpaired) electrons. The summed E-state index contributed by atoms with van der Waals surface area (Å²) in [6.45, 7) is 2.32. The summed E-state index contributed by atoms with van der Waals surface area (Å²) in [5.74, 6) is 0.741. The van der Waals surface area contributed by atoms with E-state index in [-0.39, 0.29) is 0 Å². The molecule has 0 saturated heterocycles. The molecule has 0 aromatic heterocycles. The van der Waals surface area contributed by atoms with Crippen LogP contribution >= 0.6 is 31.9 Å². The van der Waals surface area contributed by atoms with Gasteiger partial charge in [-0.25, -0.2) is 4.79 Å². The van der Waals surface area contributed by atoms with Gasteiger partial charge in [0.15, 0.2) is 0 Å². The molecule has 0 heterocycles. The number of anilines is 1. The smallest absolute Gasteiger partial charge is 0.411 e. The first-order valence-corrected chi connectivity index (χ1v) is 8.11. The van der Waals surface area contributed by atoms with Gasteiger partial charge in [-0.2, -0.15) is 0 Å². The number of hydrogen-bond acceptors (Lipinski definition) is 3. The molecule has 6 heteroatoms. The van der Waals surface area contributed by atoms with Gasteiger partial charge in [-0.3, -0.25) is 5.32 Å².